The van der Waals surface area contributed by atoms with Gasteiger partial charge in [0.25, 0.3) is 0 Å². The van der Waals surface area contributed by atoms with Gasteiger partial charge in [0.1, 0.15) is 12.2 Å². The number of carbonyl (C=O) groups is 2. The van der Waals surface area contributed by atoms with Crippen molar-refractivity contribution < 1.29 is 24.9 Å². The zero-order valence-corrected chi connectivity index (χ0v) is 18.0. The minimum absolute atomic E-state index is 0.000475. The second kappa shape index (κ2) is 6.60. The Hall–Kier alpha value is -1.30. The average molecular weight is 415 g/mol. The number of hydrogen-bond donors (Lipinski definition) is 3. The van der Waals surface area contributed by atoms with Crippen molar-refractivity contribution in [1.29, 1.82) is 0 Å². The van der Waals surface area contributed by atoms with Crippen molar-refractivity contribution in [3.63, 3.8) is 0 Å². The van der Waals surface area contributed by atoms with E-state index < -0.39 is 29.5 Å². The topological polar surface area (TPSA) is 94.8 Å². The van der Waals surface area contributed by atoms with Gasteiger partial charge in [0, 0.05) is 11.3 Å². The van der Waals surface area contributed by atoms with Crippen LogP contribution in [0.4, 0.5) is 0 Å². The summed E-state index contributed by atoms with van der Waals surface area (Å²) in [6.07, 6.45) is 10.4. The molecule has 9 atom stereocenters. The second-order valence-corrected chi connectivity index (χ2v) is 11.0. The predicted molar refractivity (Wildman–Crippen MR) is 111 cm³/mol. The van der Waals surface area contributed by atoms with Crippen LogP contribution in [0.3, 0.4) is 0 Å². The van der Waals surface area contributed by atoms with Crippen molar-refractivity contribution in [2.24, 2.45) is 40.4 Å². The Morgan fingerprint density at radius 1 is 1.17 bits per heavy atom. The van der Waals surface area contributed by atoms with Gasteiger partial charge in [-0.15, -0.1) is 0 Å². The molecule has 0 aliphatic heterocycles. The number of aliphatic hydroxyl groups is 3. The third-order valence-corrected chi connectivity index (χ3v) is 10.2. The number of carbonyl (C=O) groups excluding carboxylic acids is 2. The summed E-state index contributed by atoms with van der Waals surface area (Å²) < 4.78 is 0. The van der Waals surface area contributed by atoms with E-state index in [9.17, 15) is 24.9 Å². The van der Waals surface area contributed by atoms with Gasteiger partial charge < -0.3 is 15.3 Å². The summed E-state index contributed by atoms with van der Waals surface area (Å²) >= 11 is 0. The van der Waals surface area contributed by atoms with Gasteiger partial charge in [0.05, 0.1) is 6.10 Å². The van der Waals surface area contributed by atoms with Crippen LogP contribution in [-0.4, -0.2) is 45.2 Å². The lowest BCUT2D eigenvalue weighted by Gasteiger charge is -2.63. The third kappa shape index (κ3) is 2.35. The summed E-state index contributed by atoms with van der Waals surface area (Å²) in [5.74, 6) is 0.326. The molecule has 5 rings (SSSR count). The van der Waals surface area contributed by atoms with Gasteiger partial charge in [0.15, 0.2) is 11.6 Å². The molecule has 0 radical (unpaired) electrons. The van der Waals surface area contributed by atoms with E-state index in [-0.39, 0.29) is 40.8 Å². The number of allylic oxidation sites excluding steroid dienone is 3. The van der Waals surface area contributed by atoms with Gasteiger partial charge in [-0.05, 0) is 80.1 Å². The van der Waals surface area contributed by atoms with Crippen molar-refractivity contribution in [3.05, 3.63) is 23.8 Å². The van der Waals surface area contributed by atoms with E-state index in [1.54, 1.807) is 0 Å². The van der Waals surface area contributed by atoms with Crippen LogP contribution in [0.25, 0.3) is 0 Å². The van der Waals surface area contributed by atoms with Crippen LogP contribution in [0.5, 0.6) is 0 Å². The highest BCUT2D eigenvalue weighted by Crippen LogP contribution is 2.69. The number of aliphatic hydroxyl groups excluding tert-OH is 2. The van der Waals surface area contributed by atoms with E-state index in [1.165, 1.54) is 5.57 Å². The summed E-state index contributed by atoms with van der Waals surface area (Å²) in [4.78, 5) is 25.4. The number of fused-ring (bicyclic) bond motifs is 7. The van der Waals surface area contributed by atoms with E-state index >= 15 is 0 Å². The summed E-state index contributed by atoms with van der Waals surface area (Å²) in [6, 6.07) is 0. The first-order chi connectivity index (χ1) is 14.2. The molecule has 3 fully saturated rings. The Bertz CT molecular complexity index is 844. The van der Waals surface area contributed by atoms with E-state index in [2.05, 4.69) is 19.1 Å². The second-order valence-electron chi connectivity index (χ2n) is 11.0. The summed E-state index contributed by atoms with van der Waals surface area (Å²) in [5, 5.41) is 32.4. The summed E-state index contributed by atoms with van der Waals surface area (Å²) in [7, 11) is 0. The summed E-state index contributed by atoms with van der Waals surface area (Å²) in [5.41, 5.74) is -1.31. The normalized spacial score (nSPS) is 52.0. The van der Waals surface area contributed by atoms with Gasteiger partial charge in [-0.25, -0.2) is 0 Å². The molecule has 30 heavy (non-hydrogen) atoms. The standard InChI is InChI=1S/C25H34O5/c1-23-12-20(28)22-16(17(23)9-10-25(23,30)21(29)13-26)8-7-14-11-19(27)15-5-3-4-6-18(15)24(14,22)2/h3-4,11,15-18,20,22,26,28,30H,5-10,12-13H2,1-2H3/t15-,16+,17+,18+,20?,22?,23+,24-,25+/m1/s1. The molecule has 5 aliphatic carbocycles. The van der Waals surface area contributed by atoms with Gasteiger partial charge in [-0.1, -0.05) is 31.6 Å². The average Bonchev–Trinajstić information content (AvgIpc) is 3.00. The molecule has 5 aliphatic rings. The van der Waals surface area contributed by atoms with Crippen LogP contribution < -0.4 is 0 Å². The van der Waals surface area contributed by atoms with Crippen LogP contribution in [0.15, 0.2) is 23.8 Å². The van der Waals surface area contributed by atoms with Crippen LogP contribution in [0, 0.1) is 40.4 Å². The van der Waals surface area contributed by atoms with Crippen molar-refractivity contribution in [1.82, 2.24) is 0 Å². The van der Waals surface area contributed by atoms with Gasteiger partial charge in [-0.3, -0.25) is 9.59 Å². The lowest BCUT2D eigenvalue weighted by atomic mass is 9.42. The van der Waals surface area contributed by atoms with Crippen molar-refractivity contribution in [2.75, 3.05) is 6.61 Å². The Morgan fingerprint density at radius 3 is 2.63 bits per heavy atom. The fourth-order valence-corrected chi connectivity index (χ4v) is 8.78. The zero-order valence-electron chi connectivity index (χ0n) is 18.0. The summed E-state index contributed by atoms with van der Waals surface area (Å²) in [6.45, 7) is 3.55. The maximum atomic E-state index is 12.8. The van der Waals surface area contributed by atoms with E-state index in [0.717, 1.165) is 32.1 Å². The van der Waals surface area contributed by atoms with Crippen molar-refractivity contribution in [3.8, 4) is 0 Å². The predicted octanol–water partition coefficient (Wildman–Crippen LogP) is 2.58. The molecule has 3 saturated carbocycles. The first-order valence-corrected chi connectivity index (χ1v) is 11.6. The third-order valence-electron chi connectivity index (χ3n) is 10.2. The largest absolute Gasteiger partial charge is 0.393 e. The zero-order chi connectivity index (χ0) is 21.5. The van der Waals surface area contributed by atoms with Gasteiger partial charge >= 0.3 is 0 Å². The molecule has 0 aromatic rings. The minimum Gasteiger partial charge on any atom is -0.393 e. The quantitative estimate of drug-likeness (QED) is 0.604. The molecule has 164 valence electrons. The number of hydrogen-bond acceptors (Lipinski definition) is 5. The molecule has 3 N–H and O–H groups in total. The Labute approximate surface area is 178 Å². The molecular formula is C25H34O5. The molecule has 0 spiro atoms. The molecule has 0 saturated heterocycles. The van der Waals surface area contributed by atoms with Crippen LogP contribution in [-0.2, 0) is 9.59 Å². The Morgan fingerprint density at radius 2 is 1.90 bits per heavy atom. The van der Waals surface area contributed by atoms with Crippen LogP contribution >= 0.6 is 0 Å². The fourth-order valence-electron chi connectivity index (χ4n) is 8.78. The van der Waals surface area contributed by atoms with E-state index in [0.29, 0.717) is 12.8 Å². The number of Topliss-reactive ketones (excluding diaryl/α,β-unsaturated/α-hetero) is 1. The highest BCUT2D eigenvalue weighted by atomic mass is 16.3. The molecule has 0 aromatic heterocycles. The van der Waals surface area contributed by atoms with Crippen molar-refractivity contribution >= 4 is 11.6 Å². The van der Waals surface area contributed by atoms with Crippen LogP contribution in [0.2, 0.25) is 0 Å². The maximum Gasteiger partial charge on any atom is 0.190 e. The molecule has 5 nitrogen and oxygen atoms in total. The van der Waals surface area contributed by atoms with E-state index in [4.69, 9.17) is 0 Å². The monoisotopic (exact) mass is 414 g/mol. The van der Waals surface area contributed by atoms with Gasteiger partial charge in [-0.2, -0.15) is 0 Å². The van der Waals surface area contributed by atoms with Crippen molar-refractivity contribution in [2.45, 2.75) is 70.5 Å². The fraction of sp³-hybridized carbons (Fsp3) is 0.760. The lowest BCUT2D eigenvalue weighted by Crippen LogP contribution is -2.63. The number of ketones is 2. The SMILES string of the molecule is C[C@@]12C(=CC(=O)[C@@H]3CC=CC[C@@H]31)CC[C@@H]1C2C(O)C[C@@]2(C)[C@H]1CC[C@]2(O)C(=O)CO. The molecule has 0 heterocycles. The van der Waals surface area contributed by atoms with Gasteiger partial charge in [0.2, 0.25) is 0 Å². The molecule has 5 heteroatoms. The molecule has 2 unspecified atom stereocenters. The minimum atomic E-state index is -1.56. The molecule has 0 amide bonds. The molecule has 0 aromatic carbocycles. The smallest absolute Gasteiger partial charge is 0.190 e. The lowest BCUT2D eigenvalue weighted by molar-refractivity contribution is -0.188. The first kappa shape index (κ1) is 20.6. The molecule has 0 bridgehead atoms. The first-order valence-electron chi connectivity index (χ1n) is 11.6. The highest BCUT2D eigenvalue weighted by molar-refractivity contribution is 5.94. The molecular weight excluding hydrogens is 380 g/mol. The Balaban J connectivity index is 1.58. The van der Waals surface area contributed by atoms with E-state index in [1.807, 2.05) is 13.0 Å². The van der Waals surface area contributed by atoms with Crippen LogP contribution in [0.1, 0.15) is 58.8 Å². The maximum absolute atomic E-state index is 12.8. The highest BCUT2D eigenvalue weighted by Gasteiger charge is 2.69. The number of rotatable bonds is 2. The Kier molecular flexibility index (Phi) is 4.53.